The van der Waals surface area contributed by atoms with Gasteiger partial charge in [-0.05, 0) is 66.9 Å². The number of halogens is 1. The number of aliphatic hydroxyl groups excluding tert-OH is 1. The third-order valence-electron chi connectivity index (χ3n) is 7.33. The molecule has 1 aliphatic heterocycles. The normalized spacial score (nSPS) is 15.9. The number of thioether (sulfide) groups is 1. The van der Waals surface area contributed by atoms with Crippen LogP contribution in [0.15, 0.2) is 107 Å². The van der Waals surface area contributed by atoms with Crippen molar-refractivity contribution in [2.24, 2.45) is 0 Å². The molecular formula is C35H28ClN3O4S2. The summed E-state index contributed by atoms with van der Waals surface area (Å²) in [5.41, 5.74) is 5.33. The van der Waals surface area contributed by atoms with Crippen molar-refractivity contribution in [1.29, 1.82) is 0 Å². The summed E-state index contributed by atoms with van der Waals surface area (Å²) in [6.07, 6.45) is 0. The quantitative estimate of drug-likeness (QED) is 0.0562. The summed E-state index contributed by atoms with van der Waals surface area (Å²) in [6.45, 7) is 4.38. The maximum atomic E-state index is 13.6. The molecule has 10 heteroatoms. The number of carbonyl (C=O) groups is 2. The van der Waals surface area contributed by atoms with Crippen LogP contribution in [0, 0.1) is 13.8 Å². The fraction of sp³-hybridized carbons (Fsp3) is 0.143. The Hall–Kier alpha value is -4.44. The van der Waals surface area contributed by atoms with Gasteiger partial charge in [-0.3, -0.25) is 14.5 Å². The van der Waals surface area contributed by atoms with Crippen LogP contribution in [0.1, 0.15) is 39.4 Å². The smallest absolute Gasteiger partial charge is 0.301 e. The average Bonchev–Trinajstić information content (AvgIpc) is 3.62. The lowest BCUT2D eigenvalue weighted by Crippen LogP contribution is -2.29. The van der Waals surface area contributed by atoms with Crippen LogP contribution in [0.25, 0.3) is 5.76 Å². The topological polar surface area (TPSA) is 92.6 Å². The van der Waals surface area contributed by atoms with E-state index in [2.05, 4.69) is 16.3 Å². The number of ether oxygens (including phenoxy) is 1. The summed E-state index contributed by atoms with van der Waals surface area (Å²) < 4.78 is 6.57. The van der Waals surface area contributed by atoms with E-state index in [0.29, 0.717) is 38.6 Å². The minimum atomic E-state index is -0.884. The summed E-state index contributed by atoms with van der Waals surface area (Å²) in [6, 6.07) is 29.1. The number of aryl methyl sites for hydroxylation is 2. The molecule has 6 rings (SSSR count). The van der Waals surface area contributed by atoms with Crippen LogP contribution >= 0.6 is 34.7 Å². The number of rotatable bonds is 9. The first-order valence-corrected chi connectivity index (χ1v) is 16.3. The number of nitrogens with zero attached hydrogens (tertiary/aromatic N) is 3. The minimum Gasteiger partial charge on any atom is -0.507 e. The van der Waals surface area contributed by atoms with Gasteiger partial charge in [0.1, 0.15) is 18.1 Å². The zero-order valence-electron chi connectivity index (χ0n) is 24.4. The van der Waals surface area contributed by atoms with Gasteiger partial charge in [-0.2, -0.15) is 0 Å². The van der Waals surface area contributed by atoms with Crippen LogP contribution in [-0.4, -0.2) is 27.0 Å². The Labute approximate surface area is 274 Å². The van der Waals surface area contributed by atoms with Crippen molar-refractivity contribution in [1.82, 2.24) is 10.2 Å². The second kappa shape index (κ2) is 13.3. The Morgan fingerprint density at radius 2 is 1.64 bits per heavy atom. The molecule has 1 aliphatic rings. The number of anilines is 1. The van der Waals surface area contributed by atoms with Crippen LogP contribution in [0.4, 0.5) is 5.13 Å². The SMILES string of the molecule is Cc1ccc(C2/C(=C(\O)c3ccc(OCc4cccc(C)c4)cc3)C(=O)C(=O)N2c2nnc(SCc3ccc(Cl)cc3)s2)cc1. The van der Waals surface area contributed by atoms with Crippen molar-refractivity contribution in [2.75, 3.05) is 4.90 Å². The van der Waals surface area contributed by atoms with Gasteiger partial charge in [-0.1, -0.05) is 106 Å². The van der Waals surface area contributed by atoms with Gasteiger partial charge in [0.15, 0.2) is 4.34 Å². The molecule has 1 aromatic heterocycles. The Bertz CT molecular complexity index is 1890. The Kier molecular flexibility index (Phi) is 9.02. The second-order valence-corrected chi connectivity index (χ2v) is 13.3. The predicted molar refractivity (Wildman–Crippen MR) is 179 cm³/mol. The molecule has 1 N–H and O–H groups in total. The molecule has 5 aromatic rings. The summed E-state index contributed by atoms with van der Waals surface area (Å²) in [5, 5.41) is 21.0. The number of Topliss-reactive ketones (excluding diaryl/α,β-unsaturated/α-hetero) is 1. The van der Waals surface area contributed by atoms with E-state index >= 15 is 0 Å². The standard InChI is InChI=1S/C35H28ClN3O4S2/c1-21-6-10-25(11-7-21)30-29(31(40)26-12-16-28(17-13-26)43-19-24-5-3-4-22(2)18-24)32(41)33(42)39(30)34-37-38-35(45-34)44-20-23-8-14-27(36)15-9-23/h3-18,30,40H,19-20H2,1-2H3/b31-29+. The largest absolute Gasteiger partial charge is 0.507 e. The van der Waals surface area contributed by atoms with Gasteiger partial charge in [0.05, 0.1) is 11.6 Å². The van der Waals surface area contributed by atoms with E-state index in [4.69, 9.17) is 16.3 Å². The first kappa shape index (κ1) is 30.6. The molecule has 0 saturated carbocycles. The Balaban J connectivity index is 1.29. The molecule has 1 unspecified atom stereocenters. The van der Waals surface area contributed by atoms with Crippen LogP contribution < -0.4 is 9.64 Å². The molecule has 2 heterocycles. The maximum Gasteiger partial charge on any atom is 0.301 e. The maximum absolute atomic E-state index is 13.6. The highest BCUT2D eigenvalue weighted by molar-refractivity contribution is 8.00. The van der Waals surface area contributed by atoms with Crippen molar-refractivity contribution >= 4 is 57.3 Å². The van der Waals surface area contributed by atoms with Crippen LogP contribution in [0.2, 0.25) is 5.02 Å². The van der Waals surface area contributed by atoms with Crippen LogP contribution in [0.5, 0.6) is 5.75 Å². The number of aromatic nitrogens is 2. The number of hydrogen-bond donors (Lipinski definition) is 1. The Morgan fingerprint density at radius 1 is 0.911 bits per heavy atom. The number of ketones is 1. The fourth-order valence-electron chi connectivity index (χ4n) is 5.01. The molecule has 7 nitrogen and oxygen atoms in total. The molecule has 1 saturated heterocycles. The molecule has 45 heavy (non-hydrogen) atoms. The van der Waals surface area contributed by atoms with E-state index in [9.17, 15) is 14.7 Å². The van der Waals surface area contributed by atoms with Crippen molar-refractivity contribution < 1.29 is 19.4 Å². The van der Waals surface area contributed by atoms with Crippen LogP contribution in [0.3, 0.4) is 0 Å². The number of hydrogen-bond acceptors (Lipinski definition) is 8. The monoisotopic (exact) mass is 653 g/mol. The number of carbonyl (C=O) groups excluding carboxylic acids is 2. The Morgan fingerprint density at radius 3 is 2.36 bits per heavy atom. The number of aliphatic hydroxyl groups is 1. The molecule has 226 valence electrons. The molecule has 0 bridgehead atoms. The first-order chi connectivity index (χ1) is 21.8. The van der Waals surface area contributed by atoms with E-state index < -0.39 is 17.7 Å². The van der Waals surface area contributed by atoms with E-state index in [1.54, 1.807) is 24.3 Å². The van der Waals surface area contributed by atoms with E-state index in [1.807, 2.05) is 80.6 Å². The minimum absolute atomic E-state index is 0.0113. The number of amides is 1. The highest BCUT2D eigenvalue weighted by atomic mass is 35.5. The van der Waals surface area contributed by atoms with Crippen LogP contribution in [-0.2, 0) is 21.9 Å². The summed E-state index contributed by atoms with van der Waals surface area (Å²) >= 11 is 8.70. The zero-order valence-corrected chi connectivity index (χ0v) is 26.8. The zero-order chi connectivity index (χ0) is 31.5. The van der Waals surface area contributed by atoms with Crippen molar-refractivity contribution in [3.8, 4) is 5.75 Å². The van der Waals surface area contributed by atoms with Gasteiger partial charge >= 0.3 is 5.91 Å². The molecule has 0 radical (unpaired) electrons. The predicted octanol–water partition coefficient (Wildman–Crippen LogP) is 8.31. The van der Waals surface area contributed by atoms with Crippen molar-refractivity contribution in [2.45, 2.75) is 36.6 Å². The highest BCUT2D eigenvalue weighted by Gasteiger charge is 2.48. The molecule has 0 spiro atoms. The molecular weight excluding hydrogens is 626 g/mol. The first-order valence-electron chi connectivity index (χ1n) is 14.1. The van der Waals surface area contributed by atoms with Gasteiger partial charge in [0.2, 0.25) is 5.13 Å². The van der Waals surface area contributed by atoms with E-state index in [-0.39, 0.29) is 16.5 Å². The summed E-state index contributed by atoms with van der Waals surface area (Å²) in [4.78, 5) is 28.4. The summed E-state index contributed by atoms with van der Waals surface area (Å²) in [5.74, 6) is -0.583. The van der Waals surface area contributed by atoms with Crippen molar-refractivity contribution in [3.05, 3.63) is 141 Å². The number of benzene rings is 4. The summed E-state index contributed by atoms with van der Waals surface area (Å²) in [7, 11) is 0. The molecule has 1 amide bonds. The van der Waals surface area contributed by atoms with E-state index in [1.165, 1.54) is 28.0 Å². The van der Waals surface area contributed by atoms with Gasteiger partial charge in [-0.15, -0.1) is 10.2 Å². The van der Waals surface area contributed by atoms with Crippen molar-refractivity contribution in [3.63, 3.8) is 0 Å². The molecule has 1 atom stereocenters. The average molecular weight is 654 g/mol. The lowest BCUT2D eigenvalue weighted by molar-refractivity contribution is -0.132. The van der Waals surface area contributed by atoms with E-state index in [0.717, 1.165) is 22.3 Å². The molecule has 4 aromatic carbocycles. The van der Waals surface area contributed by atoms with Gasteiger partial charge in [0.25, 0.3) is 5.78 Å². The molecule has 0 aliphatic carbocycles. The third kappa shape index (κ3) is 6.81. The lowest BCUT2D eigenvalue weighted by Gasteiger charge is -2.22. The fourth-order valence-corrected chi connectivity index (χ4v) is 6.96. The highest BCUT2D eigenvalue weighted by Crippen LogP contribution is 2.44. The lowest BCUT2D eigenvalue weighted by atomic mass is 9.95. The third-order valence-corrected chi connectivity index (χ3v) is 9.71. The second-order valence-electron chi connectivity index (χ2n) is 10.6. The van der Waals surface area contributed by atoms with Gasteiger partial charge < -0.3 is 9.84 Å². The van der Waals surface area contributed by atoms with Gasteiger partial charge in [0, 0.05) is 16.3 Å². The molecule has 1 fully saturated rings. The van der Waals surface area contributed by atoms with Gasteiger partial charge in [-0.25, -0.2) is 0 Å².